The van der Waals surface area contributed by atoms with Gasteiger partial charge in [-0.3, -0.25) is 4.79 Å². The summed E-state index contributed by atoms with van der Waals surface area (Å²) in [5.41, 5.74) is 0.854. The highest BCUT2D eigenvalue weighted by molar-refractivity contribution is 5.83. The van der Waals surface area contributed by atoms with Crippen LogP contribution in [0.5, 0.6) is 0 Å². The summed E-state index contributed by atoms with van der Waals surface area (Å²) in [7, 11) is 0. The number of hydrogen-bond acceptors (Lipinski definition) is 2. The molecule has 0 radical (unpaired) electrons. The number of piperazine rings is 1. The Morgan fingerprint density at radius 3 is 2.33 bits per heavy atom. The fourth-order valence-corrected chi connectivity index (χ4v) is 7.14. The SMILES string of the molecule is C[C@@H]1CN(C(=O)C23CC4CC(C)(CC(C)(C4)C2)C3)CCN1. The molecular weight excluding hydrogens is 260 g/mol. The molecule has 3 heteroatoms. The predicted octanol–water partition coefficient (Wildman–Crippen LogP) is 2.80. The molecule has 1 amide bonds. The Morgan fingerprint density at radius 1 is 1.10 bits per heavy atom. The van der Waals surface area contributed by atoms with Crippen molar-refractivity contribution >= 4 is 5.91 Å². The third-order valence-corrected chi connectivity index (χ3v) is 6.74. The molecular formula is C18H30N2O. The molecule has 1 aliphatic heterocycles. The van der Waals surface area contributed by atoms with Crippen LogP contribution >= 0.6 is 0 Å². The Bertz CT molecular complexity index is 456. The van der Waals surface area contributed by atoms with E-state index in [-0.39, 0.29) is 5.41 Å². The number of nitrogens with one attached hydrogen (secondary N) is 1. The lowest BCUT2D eigenvalue weighted by Crippen LogP contribution is -2.62. The molecule has 0 aromatic heterocycles. The van der Waals surface area contributed by atoms with Gasteiger partial charge in [0.25, 0.3) is 0 Å². The first-order valence-electron chi connectivity index (χ1n) is 8.84. The van der Waals surface area contributed by atoms with Crippen LogP contribution in [0, 0.1) is 22.2 Å². The summed E-state index contributed by atoms with van der Waals surface area (Å²) in [5.74, 6) is 1.30. The summed E-state index contributed by atoms with van der Waals surface area (Å²) in [6.45, 7) is 9.88. The molecule has 1 N–H and O–H groups in total. The summed E-state index contributed by atoms with van der Waals surface area (Å²) in [6, 6.07) is 0.447. The molecule has 4 bridgehead atoms. The molecule has 0 spiro atoms. The second kappa shape index (κ2) is 4.24. The molecule has 4 aliphatic carbocycles. The molecule has 3 nitrogen and oxygen atoms in total. The Morgan fingerprint density at radius 2 is 1.76 bits per heavy atom. The molecule has 0 aromatic rings. The number of carbonyl (C=O) groups is 1. The van der Waals surface area contributed by atoms with E-state index >= 15 is 0 Å². The van der Waals surface area contributed by atoms with Gasteiger partial charge in [-0.1, -0.05) is 13.8 Å². The van der Waals surface area contributed by atoms with E-state index < -0.39 is 0 Å². The molecule has 3 atom stereocenters. The van der Waals surface area contributed by atoms with Crippen molar-refractivity contribution in [2.45, 2.75) is 65.3 Å². The molecule has 2 unspecified atom stereocenters. The fraction of sp³-hybridized carbons (Fsp3) is 0.944. The second-order valence-corrected chi connectivity index (χ2v) is 9.52. The van der Waals surface area contributed by atoms with E-state index in [2.05, 4.69) is 31.0 Å². The van der Waals surface area contributed by atoms with Crippen LogP contribution in [0.3, 0.4) is 0 Å². The van der Waals surface area contributed by atoms with Gasteiger partial charge in [-0.05, 0) is 62.2 Å². The van der Waals surface area contributed by atoms with Crippen LogP contribution in [0.15, 0.2) is 0 Å². The van der Waals surface area contributed by atoms with Crippen molar-refractivity contribution in [2.24, 2.45) is 22.2 Å². The molecule has 0 aromatic carbocycles. The highest BCUT2D eigenvalue weighted by atomic mass is 16.2. The van der Waals surface area contributed by atoms with Crippen LogP contribution in [0.1, 0.15) is 59.3 Å². The highest BCUT2D eigenvalue weighted by Crippen LogP contribution is 2.69. The van der Waals surface area contributed by atoms with Gasteiger partial charge >= 0.3 is 0 Å². The largest absolute Gasteiger partial charge is 0.339 e. The molecule has 1 saturated heterocycles. The molecule has 21 heavy (non-hydrogen) atoms. The summed E-state index contributed by atoms with van der Waals surface area (Å²) in [6.07, 6.45) is 7.58. The van der Waals surface area contributed by atoms with E-state index in [1.54, 1.807) is 0 Å². The average molecular weight is 290 g/mol. The van der Waals surface area contributed by atoms with Crippen LogP contribution in [-0.4, -0.2) is 36.5 Å². The maximum atomic E-state index is 13.4. The Kier molecular flexibility index (Phi) is 2.84. The maximum Gasteiger partial charge on any atom is 0.228 e. The van der Waals surface area contributed by atoms with Crippen molar-refractivity contribution in [2.75, 3.05) is 19.6 Å². The minimum absolute atomic E-state index is 0.0139. The third kappa shape index (κ3) is 2.15. The Labute approximate surface area is 128 Å². The van der Waals surface area contributed by atoms with Gasteiger partial charge in [-0.2, -0.15) is 0 Å². The average Bonchev–Trinajstić information content (AvgIpc) is 2.33. The Balaban J connectivity index is 1.63. The normalized spacial score (nSPS) is 52.2. The van der Waals surface area contributed by atoms with E-state index in [4.69, 9.17) is 0 Å². The van der Waals surface area contributed by atoms with E-state index in [1.807, 2.05) is 0 Å². The van der Waals surface area contributed by atoms with Gasteiger partial charge in [0.1, 0.15) is 0 Å². The highest BCUT2D eigenvalue weighted by Gasteiger charge is 2.63. The first kappa shape index (κ1) is 14.0. The second-order valence-electron chi connectivity index (χ2n) is 9.52. The summed E-state index contributed by atoms with van der Waals surface area (Å²) in [4.78, 5) is 15.6. The number of hydrogen-bond donors (Lipinski definition) is 1. The first-order valence-corrected chi connectivity index (χ1v) is 8.84. The fourth-order valence-electron chi connectivity index (χ4n) is 7.14. The zero-order valence-electron chi connectivity index (χ0n) is 13.9. The molecule has 4 saturated carbocycles. The van der Waals surface area contributed by atoms with Gasteiger partial charge in [0.2, 0.25) is 5.91 Å². The molecule has 118 valence electrons. The lowest BCUT2D eigenvalue weighted by molar-refractivity contribution is -0.180. The van der Waals surface area contributed by atoms with Crippen molar-refractivity contribution in [1.82, 2.24) is 10.2 Å². The summed E-state index contributed by atoms with van der Waals surface area (Å²) in [5, 5.41) is 3.46. The van der Waals surface area contributed by atoms with E-state index in [1.165, 1.54) is 25.7 Å². The van der Waals surface area contributed by atoms with E-state index in [9.17, 15) is 4.79 Å². The smallest absolute Gasteiger partial charge is 0.228 e. The number of amides is 1. The van der Waals surface area contributed by atoms with Gasteiger partial charge < -0.3 is 10.2 Å². The van der Waals surface area contributed by atoms with E-state index in [0.29, 0.717) is 22.8 Å². The molecule has 5 rings (SSSR count). The van der Waals surface area contributed by atoms with Crippen LogP contribution < -0.4 is 5.32 Å². The topological polar surface area (TPSA) is 32.3 Å². The summed E-state index contributed by atoms with van der Waals surface area (Å²) < 4.78 is 0. The lowest BCUT2D eigenvalue weighted by atomic mass is 9.40. The van der Waals surface area contributed by atoms with Crippen LogP contribution in [0.4, 0.5) is 0 Å². The van der Waals surface area contributed by atoms with Crippen molar-refractivity contribution in [3.8, 4) is 0 Å². The Hall–Kier alpha value is -0.570. The molecule has 1 heterocycles. The minimum Gasteiger partial charge on any atom is -0.339 e. The maximum absolute atomic E-state index is 13.4. The zero-order valence-corrected chi connectivity index (χ0v) is 13.9. The van der Waals surface area contributed by atoms with E-state index in [0.717, 1.165) is 38.4 Å². The van der Waals surface area contributed by atoms with Gasteiger partial charge in [-0.25, -0.2) is 0 Å². The van der Waals surface area contributed by atoms with Crippen LogP contribution in [0.2, 0.25) is 0 Å². The number of carbonyl (C=O) groups excluding carboxylic acids is 1. The van der Waals surface area contributed by atoms with Gasteiger partial charge in [-0.15, -0.1) is 0 Å². The van der Waals surface area contributed by atoms with Gasteiger partial charge in [0, 0.05) is 25.7 Å². The zero-order chi connectivity index (χ0) is 14.9. The quantitative estimate of drug-likeness (QED) is 0.805. The first-order chi connectivity index (χ1) is 9.82. The number of rotatable bonds is 1. The van der Waals surface area contributed by atoms with Crippen molar-refractivity contribution < 1.29 is 4.79 Å². The monoisotopic (exact) mass is 290 g/mol. The predicted molar refractivity (Wildman–Crippen MR) is 83.9 cm³/mol. The van der Waals surface area contributed by atoms with Crippen molar-refractivity contribution in [3.05, 3.63) is 0 Å². The molecule has 5 fully saturated rings. The van der Waals surface area contributed by atoms with Gasteiger partial charge in [0.15, 0.2) is 0 Å². The third-order valence-electron chi connectivity index (χ3n) is 6.74. The van der Waals surface area contributed by atoms with Gasteiger partial charge in [0.05, 0.1) is 5.41 Å². The van der Waals surface area contributed by atoms with Crippen molar-refractivity contribution in [3.63, 3.8) is 0 Å². The summed E-state index contributed by atoms with van der Waals surface area (Å²) >= 11 is 0. The van der Waals surface area contributed by atoms with Crippen molar-refractivity contribution in [1.29, 1.82) is 0 Å². The molecule has 5 aliphatic rings. The van der Waals surface area contributed by atoms with Crippen LogP contribution in [0.25, 0.3) is 0 Å². The van der Waals surface area contributed by atoms with Crippen LogP contribution in [-0.2, 0) is 4.79 Å². The number of nitrogens with zero attached hydrogens (tertiary/aromatic N) is 1. The minimum atomic E-state index is -0.0139. The standard InChI is InChI=1S/C18H30N2O/c1-13-9-20(5-4-19-13)15(21)18-8-14-6-16(2,11-18)10-17(3,7-14)12-18/h13-14,19H,4-12H2,1-3H3/t13-,14?,16?,17?,18?/m1/s1. The lowest BCUT2D eigenvalue weighted by Gasteiger charge is -2.65.